The Morgan fingerprint density at radius 1 is 1.28 bits per heavy atom. The fourth-order valence-corrected chi connectivity index (χ4v) is 3.96. The molecule has 1 aromatic carbocycles. The zero-order valence-corrected chi connectivity index (χ0v) is 15.5. The summed E-state index contributed by atoms with van der Waals surface area (Å²) in [5, 5.41) is 12.5. The molecule has 25 heavy (non-hydrogen) atoms. The predicted octanol–water partition coefficient (Wildman–Crippen LogP) is 3.22. The number of carbonyl (C=O) groups is 1. The normalized spacial score (nSPS) is 16.5. The van der Waals surface area contributed by atoms with Crippen molar-refractivity contribution in [3.8, 4) is 6.07 Å². The summed E-state index contributed by atoms with van der Waals surface area (Å²) >= 11 is 0. The number of rotatable bonds is 5. The molecule has 1 amide bonds. The van der Waals surface area contributed by atoms with Gasteiger partial charge >= 0.3 is 0 Å². The van der Waals surface area contributed by atoms with Gasteiger partial charge in [-0.05, 0) is 44.4 Å². The summed E-state index contributed by atoms with van der Waals surface area (Å²) < 4.78 is 24.4. The van der Waals surface area contributed by atoms with E-state index in [1.807, 2.05) is 0 Å². The monoisotopic (exact) mass is 360 g/mol. The largest absolute Gasteiger partial charge is 0.353 e. The van der Waals surface area contributed by atoms with Gasteiger partial charge in [-0.2, -0.15) is 5.26 Å². The van der Waals surface area contributed by atoms with Crippen molar-refractivity contribution in [2.75, 3.05) is 0 Å². The van der Waals surface area contributed by atoms with E-state index in [9.17, 15) is 13.2 Å². The molecule has 0 saturated heterocycles. The second-order valence-electron chi connectivity index (χ2n) is 6.94. The van der Waals surface area contributed by atoms with Crippen molar-refractivity contribution in [3.63, 3.8) is 0 Å². The second kappa shape index (κ2) is 7.83. The number of sulfone groups is 1. The number of nitriles is 1. The van der Waals surface area contributed by atoms with E-state index in [0.29, 0.717) is 5.56 Å². The van der Waals surface area contributed by atoms with Crippen molar-refractivity contribution in [2.45, 2.75) is 62.3 Å². The molecular formula is C19H24N2O3S. The van der Waals surface area contributed by atoms with Gasteiger partial charge in [0.05, 0.1) is 16.4 Å². The predicted molar refractivity (Wildman–Crippen MR) is 96.4 cm³/mol. The van der Waals surface area contributed by atoms with Crippen LogP contribution in [0.4, 0.5) is 0 Å². The lowest BCUT2D eigenvalue weighted by Crippen LogP contribution is -2.45. The van der Waals surface area contributed by atoms with Gasteiger partial charge < -0.3 is 5.32 Å². The zero-order chi connectivity index (χ0) is 18.5. The van der Waals surface area contributed by atoms with Crippen LogP contribution in [0.25, 0.3) is 0 Å². The third-order valence-corrected chi connectivity index (χ3v) is 6.12. The van der Waals surface area contributed by atoms with E-state index in [1.165, 1.54) is 18.6 Å². The van der Waals surface area contributed by atoms with E-state index in [-0.39, 0.29) is 16.8 Å². The number of nitrogens with zero attached hydrogens (tertiary/aromatic N) is 1. The molecule has 6 heteroatoms. The van der Waals surface area contributed by atoms with Gasteiger partial charge in [-0.1, -0.05) is 31.4 Å². The number of carbonyl (C=O) groups excluding carboxylic acids is 1. The van der Waals surface area contributed by atoms with Crippen LogP contribution < -0.4 is 5.32 Å². The number of benzene rings is 1. The highest BCUT2D eigenvalue weighted by atomic mass is 32.2. The van der Waals surface area contributed by atoms with Crippen molar-refractivity contribution in [3.05, 3.63) is 41.3 Å². The van der Waals surface area contributed by atoms with Crippen LogP contribution in [0.15, 0.2) is 40.6 Å². The lowest BCUT2D eigenvalue weighted by atomic mass is 9.83. The van der Waals surface area contributed by atoms with Crippen LogP contribution in [0.3, 0.4) is 0 Å². The molecule has 1 N–H and O–H groups in total. The number of hydrogen-bond acceptors (Lipinski definition) is 4. The van der Waals surface area contributed by atoms with Crippen molar-refractivity contribution in [2.24, 2.45) is 0 Å². The molecule has 0 atom stereocenters. The summed E-state index contributed by atoms with van der Waals surface area (Å²) in [4.78, 5) is 12.8. The van der Waals surface area contributed by atoms with Crippen LogP contribution in [0.1, 0.15) is 51.5 Å². The van der Waals surface area contributed by atoms with Gasteiger partial charge in [0.1, 0.15) is 0 Å². The van der Waals surface area contributed by atoms with E-state index in [1.54, 1.807) is 32.0 Å². The van der Waals surface area contributed by atoms with E-state index < -0.39 is 15.3 Å². The van der Waals surface area contributed by atoms with Gasteiger partial charge in [-0.25, -0.2) is 8.42 Å². The van der Waals surface area contributed by atoms with Crippen molar-refractivity contribution in [1.82, 2.24) is 5.32 Å². The summed E-state index contributed by atoms with van der Waals surface area (Å²) in [6.45, 7) is 3.59. The molecular weight excluding hydrogens is 336 g/mol. The minimum absolute atomic E-state index is 0.0787. The van der Waals surface area contributed by atoms with E-state index >= 15 is 0 Å². The molecule has 0 spiro atoms. The van der Waals surface area contributed by atoms with Crippen molar-refractivity contribution in [1.29, 1.82) is 5.26 Å². The maximum absolute atomic E-state index is 12.7. The molecule has 0 radical (unpaired) electrons. The minimum Gasteiger partial charge on any atom is -0.353 e. The fraction of sp³-hybridized carbons (Fsp3) is 0.474. The SMILES string of the molecule is CC(C)(C(=O)NC1CCCCC1)c1cccc(S(=O)(=O)C=CC#N)c1. The Hall–Kier alpha value is -2.13. The molecule has 1 aliphatic rings. The van der Waals surface area contributed by atoms with Gasteiger partial charge in [0.25, 0.3) is 0 Å². The highest BCUT2D eigenvalue weighted by molar-refractivity contribution is 7.94. The molecule has 0 aliphatic heterocycles. The van der Waals surface area contributed by atoms with Gasteiger partial charge in [0.2, 0.25) is 15.7 Å². The Morgan fingerprint density at radius 3 is 2.60 bits per heavy atom. The van der Waals surface area contributed by atoms with Crippen LogP contribution in [0.2, 0.25) is 0 Å². The molecule has 0 bridgehead atoms. The molecule has 0 unspecified atom stereocenters. The van der Waals surface area contributed by atoms with Gasteiger partial charge in [-0.3, -0.25) is 4.79 Å². The summed E-state index contributed by atoms with van der Waals surface area (Å²) in [6, 6.07) is 8.24. The summed E-state index contributed by atoms with van der Waals surface area (Å²) in [5.74, 6) is -0.0958. The lowest BCUT2D eigenvalue weighted by Gasteiger charge is -2.29. The Balaban J connectivity index is 2.24. The molecule has 2 rings (SSSR count). The van der Waals surface area contributed by atoms with Gasteiger partial charge in [0, 0.05) is 17.5 Å². The zero-order valence-electron chi connectivity index (χ0n) is 14.7. The number of allylic oxidation sites excluding steroid dienone is 1. The van der Waals surface area contributed by atoms with Crippen LogP contribution in [0, 0.1) is 11.3 Å². The minimum atomic E-state index is -3.69. The van der Waals surface area contributed by atoms with Gasteiger partial charge in [0.15, 0.2) is 0 Å². The van der Waals surface area contributed by atoms with E-state index in [4.69, 9.17) is 5.26 Å². The molecule has 5 nitrogen and oxygen atoms in total. The van der Waals surface area contributed by atoms with Crippen molar-refractivity contribution < 1.29 is 13.2 Å². The van der Waals surface area contributed by atoms with Gasteiger partial charge in [-0.15, -0.1) is 0 Å². The van der Waals surface area contributed by atoms with Crippen LogP contribution in [-0.2, 0) is 20.0 Å². The van der Waals surface area contributed by atoms with Crippen LogP contribution in [-0.4, -0.2) is 20.4 Å². The molecule has 1 aromatic rings. The Kier molecular flexibility index (Phi) is 6.02. The average molecular weight is 360 g/mol. The maximum atomic E-state index is 12.7. The fourth-order valence-electron chi connectivity index (χ4n) is 3.00. The summed E-state index contributed by atoms with van der Waals surface area (Å²) in [7, 11) is -3.69. The Morgan fingerprint density at radius 2 is 1.96 bits per heavy atom. The first kappa shape index (κ1) is 19.2. The van der Waals surface area contributed by atoms with E-state index in [0.717, 1.165) is 37.2 Å². The topological polar surface area (TPSA) is 87.0 Å². The first-order valence-electron chi connectivity index (χ1n) is 8.50. The molecule has 134 valence electrons. The molecule has 1 aliphatic carbocycles. The maximum Gasteiger partial charge on any atom is 0.230 e. The van der Waals surface area contributed by atoms with E-state index in [2.05, 4.69) is 5.32 Å². The molecule has 0 heterocycles. The quantitative estimate of drug-likeness (QED) is 0.817. The Bertz CT molecular complexity index is 798. The van der Waals surface area contributed by atoms with Crippen LogP contribution in [0.5, 0.6) is 0 Å². The Labute approximate surface area is 149 Å². The highest BCUT2D eigenvalue weighted by Crippen LogP contribution is 2.27. The smallest absolute Gasteiger partial charge is 0.230 e. The standard InChI is InChI=1S/C19H24N2O3S/c1-19(2,18(22)21-16-9-4-3-5-10-16)15-8-6-11-17(14-15)25(23,24)13-7-12-20/h6-8,11,13-14,16H,3-5,9-10H2,1-2H3,(H,21,22). The number of hydrogen-bond donors (Lipinski definition) is 1. The third kappa shape index (κ3) is 4.70. The summed E-state index contributed by atoms with van der Waals surface area (Å²) in [5.41, 5.74) is -0.214. The first-order chi connectivity index (χ1) is 11.8. The lowest BCUT2D eigenvalue weighted by molar-refractivity contribution is -0.126. The van der Waals surface area contributed by atoms with Crippen molar-refractivity contribution >= 4 is 15.7 Å². The molecule has 0 aromatic heterocycles. The average Bonchev–Trinajstić information content (AvgIpc) is 2.61. The summed E-state index contributed by atoms with van der Waals surface area (Å²) in [6.07, 6.45) is 6.40. The molecule has 1 fully saturated rings. The second-order valence-corrected chi connectivity index (χ2v) is 8.77. The van der Waals surface area contributed by atoms with Crippen LogP contribution >= 0.6 is 0 Å². The third-order valence-electron chi connectivity index (χ3n) is 4.71. The number of nitrogens with one attached hydrogen (secondary N) is 1. The highest BCUT2D eigenvalue weighted by Gasteiger charge is 2.32. The first-order valence-corrected chi connectivity index (χ1v) is 10.0. The number of amides is 1. The molecule has 1 saturated carbocycles.